The molecule has 0 fully saturated rings. The van der Waals surface area contributed by atoms with Crippen molar-refractivity contribution in [3.63, 3.8) is 0 Å². The number of hydrogen-bond donors (Lipinski definition) is 1. The predicted octanol–water partition coefficient (Wildman–Crippen LogP) is 3.72. The maximum atomic E-state index is 12.0. The van der Waals surface area contributed by atoms with E-state index < -0.39 is 23.4 Å². The second-order valence-corrected chi connectivity index (χ2v) is 7.39. The molecule has 0 unspecified atom stereocenters. The van der Waals surface area contributed by atoms with Crippen molar-refractivity contribution in [3.8, 4) is 5.75 Å². The molecule has 0 aliphatic rings. The first-order valence-corrected chi connectivity index (χ1v) is 9.90. The maximum Gasteiger partial charge on any atom is 0.306 e. The number of rotatable bonds is 9. The molecule has 0 bridgehead atoms. The van der Waals surface area contributed by atoms with Crippen LogP contribution in [0, 0.1) is 10.1 Å². The standard InChI is InChI=1S/C20H19N3O6S/c1-28-13-9-10-14(16(11-13)23(26)27)21-18(24)12-29-20(25)8-4-7-19-22-15-5-2-3-6-17(15)30-19/h2-3,5-6,9-11H,4,7-8,12H2,1H3,(H,21,24). The zero-order valence-corrected chi connectivity index (χ0v) is 16.9. The highest BCUT2D eigenvalue weighted by atomic mass is 32.1. The van der Waals surface area contributed by atoms with Gasteiger partial charge in [-0.3, -0.25) is 19.7 Å². The van der Waals surface area contributed by atoms with Crippen LogP contribution < -0.4 is 10.1 Å². The van der Waals surface area contributed by atoms with Crippen LogP contribution in [-0.4, -0.2) is 35.5 Å². The number of esters is 1. The number of fused-ring (bicyclic) bond motifs is 1. The van der Waals surface area contributed by atoms with Gasteiger partial charge >= 0.3 is 5.97 Å². The van der Waals surface area contributed by atoms with Gasteiger partial charge in [0.05, 0.1) is 33.3 Å². The fraction of sp³-hybridized carbons (Fsp3) is 0.250. The summed E-state index contributed by atoms with van der Waals surface area (Å²) in [5, 5.41) is 14.5. The van der Waals surface area contributed by atoms with Crippen LogP contribution in [0.4, 0.5) is 11.4 Å². The number of amides is 1. The summed E-state index contributed by atoms with van der Waals surface area (Å²) in [5.74, 6) is -0.891. The topological polar surface area (TPSA) is 121 Å². The van der Waals surface area contributed by atoms with Gasteiger partial charge in [0.25, 0.3) is 11.6 Å². The molecular formula is C20H19N3O6S. The van der Waals surface area contributed by atoms with Crippen molar-refractivity contribution in [1.29, 1.82) is 0 Å². The molecule has 10 heteroatoms. The Balaban J connectivity index is 1.44. The number of benzene rings is 2. The third kappa shape index (κ3) is 5.51. The van der Waals surface area contributed by atoms with E-state index in [1.54, 1.807) is 11.3 Å². The summed E-state index contributed by atoms with van der Waals surface area (Å²) in [6, 6.07) is 11.9. The minimum atomic E-state index is -0.664. The number of thiazole rings is 1. The van der Waals surface area contributed by atoms with Crippen LogP contribution in [0.25, 0.3) is 10.2 Å². The lowest BCUT2D eigenvalue weighted by Gasteiger charge is -2.08. The highest BCUT2D eigenvalue weighted by Gasteiger charge is 2.18. The number of aromatic nitrogens is 1. The molecule has 0 aliphatic carbocycles. The SMILES string of the molecule is COc1ccc(NC(=O)COC(=O)CCCc2nc3ccccc3s2)c([N+](=O)[O-])c1. The van der Waals surface area contributed by atoms with Crippen molar-refractivity contribution in [2.45, 2.75) is 19.3 Å². The third-order valence-electron chi connectivity index (χ3n) is 4.15. The van der Waals surface area contributed by atoms with Crippen LogP contribution in [0.15, 0.2) is 42.5 Å². The van der Waals surface area contributed by atoms with E-state index in [0.29, 0.717) is 18.6 Å². The van der Waals surface area contributed by atoms with Crippen molar-refractivity contribution in [1.82, 2.24) is 4.98 Å². The fourth-order valence-electron chi connectivity index (χ4n) is 2.71. The molecule has 1 aromatic heterocycles. The number of nitro groups is 1. The van der Waals surface area contributed by atoms with Crippen LogP contribution in [0.2, 0.25) is 0 Å². The van der Waals surface area contributed by atoms with Crippen LogP contribution >= 0.6 is 11.3 Å². The summed E-state index contributed by atoms with van der Waals surface area (Å²) in [4.78, 5) is 38.9. The van der Waals surface area contributed by atoms with Crippen molar-refractivity contribution in [3.05, 3.63) is 57.6 Å². The Morgan fingerprint density at radius 1 is 1.23 bits per heavy atom. The van der Waals surface area contributed by atoms with Gasteiger partial charge in [-0.1, -0.05) is 12.1 Å². The van der Waals surface area contributed by atoms with E-state index in [9.17, 15) is 19.7 Å². The summed E-state index contributed by atoms with van der Waals surface area (Å²) in [6.45, 7) is -0.525. The second kappa shape index (κ2) is 9.79. The Hall–Kier alpha value is -3.53. The first kappa shape index (κ1) is 21.2. The summed E-state index contributed by atoms with van der Waals surface area (Å²) in [7, 11) is 1.38. The quantitative estimate of drug-likeness (QED) is 0.313. The number of para-hydroxylation sites is 1. The van der Waals surface area contributed by atoms with Crippen molar-refractivity contribution in [2.24, 2.45) is 0 Å². The normalized spacial score (nSPS) is 10.6. The van der Waals surface area contributed by atoms with Crippen molar-refractivity contribution < 1.29 is 24.0 Å². The van der Waals surface area contributed by atoms with Crippen molar-refractivity contribution >= 4 is 44.8 Å². The Morgan fingerprint density at radius 2 is 2.03 bits per heavy atom. The monoisotopic (exact) mass is 429 g/mol. The van der Waals surface area contributed by atoms with Gasteiger partial charge in [-0.05, 0) is 37.1 Å². The molecule has 9 nitrogen and oxygen atoms in total. The molecule has 1 amide bonds. The lowest BCUT2D eigenvalue weighted by atomic mass is 10.2. The second-order valence-electron chi connectivity index (χ2n) is 6.28. The summed E-state index contributed by atoms with van der Waals surface area (Å²) in [6.07, 6.45) is 1.33. The molecule has 1 heterocycles. The number of anilines is 1. The number of carbonyl (C=O) groups excluding carboxylic acids is 2. The van der Waals surface area contributed by atoms with Crippen LogP contribution in [0.3, 0.4) is 0 Å². The maximum absolute atomic E-state index is 12.0. The molecule has 3 aromatic rings. The highest BCUT2D eigenvalue weighted by Crippen LogP contribution is 2.29. The lowest BCUT2D eigenvalue weighted by Crippen LogP contribution is -2.21. The zero-order valence-electron chi connectivity index (χ0n) is 16.1. The zero-order chi connectivity index (χ0) is 21.5. The smallest absolute Gasteiger partial charge is 0.306 e. The van der Waals surface area contributed by atoms with Gasteiger partial charge in [-0.25, -0.2) is 4.98 Å². The predicted molar refractivity (Wildman–Crippen MR) is 112 cm³/mol. The van der Waals surface area contributed by atoms with Gasteiger partial charge < -0.3 is 14.8 Å². The molecule has 0 aliphatic heterocycles. The molecular weight excluding hydrogens is 410 g/mol. The Labute approximate surface area is 175 Å². The first-order chi connectivity index (χ1) is 14.5. The van der Waals surface area contributed by atoms with E-state index in [4.69, 9.17) is 9.47 Å². The van der Waals surface area contributed by atoms with E-state index in [1.165, 1.54) is 25.3 Å². The molecule has 0 saturated carbocycles. The van der Waals surface area contributed by atoms with Crippen molar-refractivity contribution in [2.75, 3.05) is 19.0 Å². The average molecular weight is 429 g/mol. The van der Waals surface area contributed by atoms with Gasteiger partial charge in [-0.15, -0.1) is 11.3 Å². The van der Waals surface area contributed by atoms with E-state index in [-0.39, 0.29) is 17.8 Å². The van der Waals surface area contributed by atoms with Gasteiger partial charge in [0.2, 0.25) is 0 Å². The van der Waals surface area contributed by atoms with Crippen LogP contribution in [-0.2, 0) is 20.7 Å². The van der Waals surface area contributed by atoms with Gasteiger partial charge in [0, 0.05) is 6.42 Å². The number of nitro benzene ring substituents is 1. The van der Waals surface area contributed by atoms with E-state index in [0.717, 1.165) is 15.2 Å². The Kier molecular flexibility index (Phi) is 6.91. The van der Waals surface area contributed by atoms with Crippen LogP contribution in [0.5, 0.6) is 5.75 Å². The number of carbonyl (C=O) groups is 2. The molecule has 3 rings (SSSR count). The average Bonchev–Trinajstić information content (AvgIpc) is 3.15. The summed E-state index contributed by atoms with van der Waals surface area (Å²) < 4.78 is 11.0. The molecule has 30 heavy (non-hydrogen) atoms. The molecule has 0 spiro atoms. The molecule has 1 N–H and O–H groups in total. The minimum absolute atomic E-state index is 0.00214. The summed E-state index contributed by atoms with van der Waals surface area (Å²) >= 11 is 1.58. The number of methoxy groups -OCH3 is 1. The van der Waals surface area contributed by atoms with E-state index >= 15 is 0 Å². The van der Waals surface area contributed by atoms with E-state index in [1.807, 2.05) is 24.3 Å². The Bertz CT molecular complexity index is 1050. The highest BCUT2D eigenvalue weighted by molar-refractivity contribution is 7.18. The Morgan fingerprint density at radius 3 is 2.77 bits per heavy atom. The molecule has 156 valence electrons. The number of nitrogens with one attached hydrogen (secondary N) is 1. The number of aryl methyl sites for hydroxylation is 1. The first-order valence-electron chi connectivity index (χ1n) is 9.08. The molecule has 2 aromatic carbocycles. The minimum Gasteiger partial charge on any atom is -0.496 e. The molecule has 0 atom stereocenters. The molecule has 0 saturated heterocycles. The largest absolute Gasteiger partial charge is 0.496 e. The number of nitrogens with zero attached hydrogens (tertiary/aromatic N) is 2. The van der Waals surface area contributed by atoms with E-state index in [2.05, 4.69) is 10.3 Å². The van der Waals surface area contributed by atoms with Gasteiger partial charge in [-0.2, -0.15) is 0 Å². The van der Waals surface area contributed by atoms with Gasteiger partial charge in [0.1, 0.15) is 11.4 Å². The number of ether oxygens (including phenoxy) is 2. The fourth-order valence-corrected chi connectivity index (χ4v) is 3.72. The lowest BCUT2D eigenvalue weighted by molar-refractivity contribution is -0.384. The van der Waals surface area contributed by atoms with Gasteiger partial charge in [0.15, 0.2) is 6.61 Å². The summed E-state index contributed by atoms with van der Waals surface area (Å²) in [5.41, 5.74) is 0.618. The number of hydrogen-bond acceptors (Lipinski definition) is 8. The third-order valence-corrected chi connectivity index (χ3v) is 5.25. The molecule has 0 radical (unpaired) electrons. The van der Waals surface area contributed by atoms with Crippen LogP contribution in [0.1, 0.15) is 17.8 Å².